The molecule has 1 aromatic rings. The Labute approximate surface area is 73.6 Å². The minimum absolute atomic E-state index is 0.861. The molecule has 0 spiro atoms. The number of aryl methyl sites for hydroxylation is 2. The predicted molar refractivity (Wildman–Crippen MR) is 49.9 cm³/mol. The molecule has 1 rings (SSSR count). The molecule has 0 atom stereocenters. The van der Waals surface area contributed by atoms with E-state index in [0.29, 0.717) is 0 Å². The second-order valence-corrected chi connectivity index (χ2v) is 2.97. The third kappa shape index (κ3) is 1.65. The van der Waals surface area contributed by atoms with E-state index in [2.05, 4.69) is 13.0 Å². The first-order valence-corrected chi connectivity index (χ1v) is 4.28. The van der Waals surface area contributed by atoms with Gasteiger partial charge in [0.2, 0.25) is 0 Å². The van der Waals surface area contributed by atoms with Crippen molar-refractivity contribution in [3.05, 3.63) is 34.9 Å². The number of nitriles is 1. The van der Waals surface area contributed by atoms with Crippen LogP contribution in [-0.2, 0) is 6.42 Å². The van der Waals surface area contributed by atoms with E-state index in [-0.39, 0.29) is 0 Å². The van der Waals surface area contributed by atoms with Crippen LogP contribution in [0.25, 0.3) is 0 Å². The summed E-state index contributed by atoms with van der Waals surface area (Å²) in [6.07, 6.45) is 2.10. The Morgan fingerprint density at radius 3 is 2.75 bits per heavy atom. The van der Waals surface area contributed by atoms with E-state index in [1.165, 1.54) is 5.56 Å². The third-order valence-corrected chi connectivity index (χ3v) is 1.99. The van der Waals surface area contributed by atoms with Crippen LogP contribution in [0.5, 0.6) is 0 Å². The molecule has 0 fully saturated rings. The lowest BCUT2D eigenvalue weighted by atomic mass is 10.00. The fourth-order valence-corrected chi connectivity index (χ4v) is 1.37. The second-order valence-electron chi connectivity index (χ2n) is 2.97. The van der Waals surface area contributed by atoms with E-state index in [0.717, 1.165) is 24.0 Å². The van der Waals surface area contributed by atoms with E-state index in [4.69, 9.17) is 5.26 Å². The Bertz CT molecular complexity index is 307. The van der Waals surface area contributed by atoms with E-state index in [1.54, 1.807) is 0 Å². The van der Waals surface area contributed by atoms with Gasteiger partial charge in [-0.1, -0.05) is 31.5 Å². The molecule has 0 heterocycles. The molecule has 0 radical (unpaired) electrons. The molecule has 1 heteroatoms. The summed E-state index contributed by atoms with van der Waals surface area (Å²) in [6.45, 7) is 4.11. The maximum Gasteiger partial charge on any atom is 0.0997 e. The zero-order valence-corrected chi connectivity index (χ0v) is 7.59. The monoisotopic (exact) mass is 159 g/mol. The molecule has 0 aliphatic heterocycles. The van der Waals surface area contributed by atoms with Gasteiger partial charge in [0.05, 0.1) is 11.6 Å². The lowest BCUT2D eigenvalue weighted by molar-refractivity contribution is 0.916. The molecule has 62 valence electrons. The van der Waals surface area contributed by atoms with Crippen molar-refractivity contribution >= 4 is 0 Å². The Hall–Kier alpha value is -1.29. The summed E-state index contributed by atoms with van der Waals surface area (Å²) in [4.78, 5) is 0. The molecule has 1 nitrogen and oxygen atoms in total. The molecular formula is C11H13N. The molecule has 0 aromatic heterocycles. The molecular weight excluding hydrogens is 146 g/mol. The minimum atomic E-state index is 0.861. The van der Waals surface area contributed by atoms with Crippen molar-refractivity contribution in [2.45, 2.75) is 26.7 Å². The highest BCUT2D eigenvalue weighted by Crippen LogP contribution is 2.14. The van der Waals surface area contributed by atoms with Gasteiger partial charge in [-0.3, -0.25) is 0 Å². The average molecular weight is 159 g/mol. The Morgan fingerprint density at radius 2 is 2.17 bits per heavy atom. The Kier molecular flexibility index (Phi) is 2.88. The van der Waals surface area contributed by atoms with Crippen LogP contribution in [-0.4, -0.2) is 0 Å². The second kappa shape index (κ2) is 3.92. The molecule has 0 saturated carbocycles. The van der Waals surface area contributed by atoms with Crippen LogP contribution in [0.1, 0.15) is 30.0 Å². The van der Waals surface area contributed by atoms with Gasteiger partial charge in [-0.15, -0.1) is 0 Å². The predicted octanol–water partition coefficient (Wildman–Crippen LogP) is 2.82. The van der Waals surface area contributed by atoms with Gasteiger partial charge in [-0.2, -0.15) is 5.26 Å². The molecule has 0 bridgehead atoms. The zero-order chi connectivity index (χ0) is 8.97. The topological polar surface area (TPSA) is 23.8 Å². The maximum atomic E-state index is 8.88. The minimum Gasteiger partial charge on any atom is -0.192 e. The smallest absolute Gasteiger partial charge is 0.0997 e. The zero-order valence-electron chi connectivity index (χ0n) is 7.59. The summed E-state index contributed by atoms with van der Waals surface area (Å²) >= 11 is 0. The third-order valence-electron chi connectivity index (χ3n) is 1.99. The Balaban J connectivity index is 3.11. The SMILES string of the molecule is CCCc1cccc(C)c1C#N. The molecule has 1 aromatic carbocycles. The summed E-state index contributed by atoms with van der Waals surface area (Å²) in [6, 6.07) is 8.28. The van der Waals surface area contributed by atoms with Crippen molar-refractivity contribution in [3.63, 3.8) is 0 Å². The summed E-state index contributed by atoms with van der Waals surface area (Å²) < 4.78 is 0. The normalized spacial score (nSPS) is 9.42. The highest BCUT2D eigenvalue weighted by atomic mass is 14.2. The van der Waals surface area contributed by atoms with E-state index in [1.807, 2.05) is 25.1 Å². The molecule has 0 unspecified atom stereocenters. The van der Waals surface area contributed by atoms with Crippen molar-refractivity contribution in [2.75, 3.05) is 0 Å². The standard InChI is InChI=1S/C11H13N/c1-3-5-10-7-4-6-9(2)11(10)8-12/h4,6-7H,3,5H2,1-2H3. The molecule has 0 aliphatic carbocycles. The first-order chi connectivity index (χ1) is 5.79. The highest BCUT2D eigenvalue weighted by molar-refractivity contribution is 5.43. The summed E-state index contributed by atoms with van der Waals surface area (Å²) in [5.41, 5.74) is 3.13. The van der Waals surface area contributed by atoms with Gasteiger partial charge in [0.15, 0.2) is 0 Å². The van der Waals surface area contributed by atoms with Crippen LogP contribution in [0.15, 0.2) is 18.2 Å². The number of rotatable bonds is 2. The number of hydrogen-bond acceptors (Lipinski definition) is 1. The number of benzene rings is 1. The lowest BCUT2D eigenvalue weighted by Gasteiger charge is -2.03. The summed E-state index contributed by atoms with van der Waals surface area (Å²) in [7, 11) is 0. The van der Waals surface area contributed by atoms with Gasteiger partial charge in [-0.25, -0.2) is 0 Å². The first kappa shape index (κ1) is 8.80. The van der Waals surface area contributed by atoms with Gasteiger partial charge in [0, 0.05) is 0 Å². The molecule has 0 saturated heterocycles. The number of nitrogens with zero attached hydrogens (tertiary/aromatic N) is 1. The fraction of sp³-hybridized carbons (Fsp3) is 0.364. The lowest BCUT2D eigenvalue weighted by Crippen LogP contribution is -1.91. The molecule has 0 amide bonds. The van der Waals surface area contributed by atoms with Crippen molar-refractivity contribution in [1.82, 2.24) is 0 Å². The van der Waals surface area contributed by atoms with Crippen molar-refractivity contribution in [1.29, 1.82) is 5.26 Å². The van der Waals surface area contributed by atoms with Gasteiger partial charge >= 0.3 is 0 Å². The van der Waals surface area contributed by atoms with Gasteiger partial charge in [0.25, 0.3) is 0 Å². The van der Waals surface area contributed by atoms with Crippen LogP contribution in [0, 0.1) is 18.3 Å². The van der Waals surface area contributed by atoms with Crippen LogP contribution in [0.3, 0.4) is 0 Å². The molecule has 0 N–H and O–H groups in total. The molecule has 12 heavy (non-hydrogen) atoms. The maximum absolute atomic E-state index is 8.88. The van der Waals surface area contributed by atoms with Gasteiger partial charge < -0.3 is 0 Å². The summed E-state index contributed by atoms with van der Waals surface area (Å²) in [5, 5.41) is 8.88. The van der Waals surface area contributed by atoms with Crippen LogP contribution in [0.4, 0.5) is 0 Å². The van der Waals surface area contributed by atoms with Crippen LogP contribution >= 0.6 is 0 Å². The number of hydrogen-bond donors (Lipinski definition) is 0. The van der Waals surface area contributed by atoms with Crippen molar-refractivity contribution in [3.8, 4) is 6.07 Å². The van der Waals surface area contributed by atoms with Crippen molar-refractivity contribution < 1.29 is 0 Å². The van der Waals surface area contributed by atoms with E-state index in [9.17, 15) is 0 Å². The summed E-state index contributed by atoms with van der Waals surface area (Å²) in [5.74, 6) is 0. The van der Waals surface area contributed by atoms with Crippen LogP contribution < -0.4 is 0 Å². The Morgan fingerprint density at radius 1 is 1.42 bits per heavy atom. The first-order valence-electron chi connectivity index (χ1n) is 4.28. The van der Waals surface area contributed by atoms with Gasteiger partial charge in [0.1, 0.15) is 0 Å². The van der Waals surface area contributed by atoms with Gasteiger partial charge in [-0.05, 0) is 24.5 Å². The van der Waals surface area contributed by atoms with Crippen molar-refractivity contribution in [2.24, 2.45) is 0 Å². The largest absolute Gasteiger partial charge is 0.192 e. The van der Waals surface area contributed by atoms with E-state index >= 15 is 0 Å². The molecule has 0 aliphatic rings. The van der Waals surface area contributed by atoms with Crippen LogP contribution in [0.2, 0.25) is 0 Å². The van der Waals surface area contributed by atoms with E-state index < -0.39 is 0 Å². The fourth-order valence-electron chi connectivity index (χ4n) is 1.37. The quantitative estimate of drug-likeness (QED) is 0.651. The average Bonchev–Trinajstić information content (AvgIpc) is 2.05. The highest BCUT2D eigenvalue weighted by Gasteiger charge is 2.02.